The van der Waals surface area contributed by atoms with Crippen molar-refractivity contribution in [2.45, 2.75) is 24.8 Å². The lowest BCUT2D eigenvalue weighted by Gasteiger charge is -2.04. The third-order valence-corrected chi connectivity index (χ3v) is 3.48. The highest BCUT2D eigenvalue weighted by atomic mass is 35.5. The average Bonchev–Trinajstić information content (AvgIpc) is 2.55. The summed E-state index contributed by atoms with van der Waals surface area (Å²) in [5.74, 6) is 0.720. The van der Waals surface area contributed by atoms with Gasteiger partial charge in [0.2, 0.25) is 0 Å². The van der Waals surface area contributed by atoms with Crippen molar-refractivity contribution < 1.29 is 0 Å². The van der Waals surface area contributed by atoms with Gasteiger partial charge in [-0.2, -0.15) is 0 Å². The van der Waals surface area contributed by atoms with Gasteiger partial charge in [0.25, 0.3) is 0 Å². The Balaban J connectivity index is 2.12. The maximum atomic E-state index is 5.99. The number of aryl methyl sites for hydroxylation is 3. The maximum absolute atomic E-state index is 5.99. The van der Waals surface area contributed by atoms with Crippen LogP contribution in [0.1, 0.15) is 17.1 Å². The SMILES string of the molecule is Cc1cc(C)nc(SCc2c(Cl)ncn2C)n1. The normalized spacial score (nSPS) is 10.8. The van der Waals surface area contributed by atoms with Gasteiger partial charge in [0.15, 0.2) is 10.3 Å². The number of thioether (sulfide) groups is 1. The molecule has 0 radical (unpaired) electrons. The standard InChI is InChI=1S/C11H13ClN4S/c1-7-4-8(2)15-11(14-7)17-5-9-10(12)13-6-16(9)3/h4,6H,5H2,1-3H3. The lowest BCUT2D eigenvalue weighted by atomic mass is 10.4. The molecule has 2 aromatic rings. The minimum atomic E-state index is 0.546. The zero-order valence-corrected chi connectivity index (χ0v) is 11.5. The molecule has 0 aliphatic heterocycles. The average molecular weight is 269 g/mol. The Morgan fingerprint density at radius 1 is 1.29 bits per heavy atom. The second-order valence-corrected chi connectivity index (χ2v) is 5.12. The van der Waals surface area contributed by atoms with Gasteiger partial charge >= 0.3 is 0 Å². The molecular weight excluding hydrogens is 256 g/mol. The first kappa shape index (κ1) is 12.4. The van der Waals surface area contributed by atoms with Crippen molar-refractivity contribution in [3.8, 4) is 0 Å². The molecule has 0 bridgehead atoms. The summed E-state index contributed by atoms with van der Waals surface area (Å²) in [7, 11) is 1.93. The number of nitrogens with zero attached hydrogens (tertiary/aromatic N) is 4. The van der Waals surface area contributed by atoms with Crippen molar-refractivity contribution in [3.63, 3.8) is 0 Å². The fourth-order valence-corrected chi connectivity index (χ4v) is 2.83. The van der Waals surface area contributed by atoms with Crippen molar-refractivity contribution >= 4 is 23.4 Å². The van der Waals surface area contributed by atoms with Crippen molar-refractivity contribution in [1.82, 2.24) is 19.5 Å². The van der Waals surface area contributed by atoms with Gasteiger partial charge in [0.1, 0.15) is 0 Å². The van der Waals surface area contributed by atoms with Crippen LogP contribution >= 0.6 is 23.4 Å². The van der Waals surface area contributed by atoms with Crippen molar-refractivity contribution in [2.24, 2.45) is 7.05 Å². The van der Waals surface area contributed by atoms with E-state index in [0.717, 1.165) is 28.0 Å². The van der Waals surface area contributed by atoms with Crippen molar-refractivity contribution in [2.75, 3.05) is 0 Å². The first-order valence-electron chi connectivity index (χ1n) is 5.17. The molecule has 17 heavy (non-hydrogen) atoms. The summed E-state index contributed by atoms with van der Waals surface area (Å²) in [6.07, 6.45) is 1.71. The summed E-state index contributed by atoms with van der Waals surface area (Å²) in [4.78, 5) is 12.8. The highest BCUT2D eigenvalue weighted by molar-refractivity contribution is 7.98. The molecule has 6 heteroatoms. The van der Waals surface area contributed by atoms with E-state index in [0.29, 0.717) is 5.15 Å². The van der Waals surface area contributed by atoms with Gasteiger partial charge in [-0.25, -0.2) is 15.0 Å². The number of rotatable bonds is 3. The molecule has 0 saturated heterocycles. The smallest absolute Gasteiger partial charge is 0.188 e. The lowest BCUT2D eigenvalue weighted by Crippen LogP contribution is -1.96. The highest BCUT2D eigenvalue weighted by Gasteiger charge is 2.08. The minimum Gasteiger partial charge on any atom is -0.336 e. The van der Waals surface area contributed by atoms with Gasteiger partial charge in [-0.05, 0) is 19.9 Å². The summed E-state index contributed by atoms with van der Waals surface area (Å²) in [5.41, 5.74) is 2.95. The molecule has 2 heterocycles. The van der Waals surface area contributed by atoms with Crippen molar-refractivity contribution in [3.05, 3.63) is 34.6 Å². The van der Waals surface area contributed by atoms with Gasteiger partial charge in [-0.15, -0.1) is 0 Å². The third kappa shape index (κ3) is 2.98. The van der Waals surface area contributed by atoms with E-state index in [1.807, 2.05) is 31.5 Å². The molecule has 0 N–H and O–H groups in total. The molecule has 0 unspecified atom stereocenters. The van der Waals surface area contributed by atoms with Crippen LogP contribution in [0.15, 0.2) is 17.6 Å². The summed E-state index contributed by atoms with van der Waals surface area (Å²) in [6.45, 7) is 3.94. The molecule has 0 saturated carbocycles. The zero-order valence-electron chi connectivity index (χ0n) is 9.94. The molecule has 0 aromatic carbocycles. The second-order valence-electron chi connectivity index (χ2n) is 3.81. The Labute approximate surface area is 109 Å². The molecule has 0 atom stereocenters. The van der Waals surface area contributed by atoms with Gasteiger partial charge in [0.05, 0.1) is 12.0 Å². The van der Waals surface area contributed by atoms with E-state index in [9.17, 15) is 0 Å². The van der Waals surface area contributed by atoms with Crippen molar-refractivity contribution in [1.29, 1.82) is 0 Å². The van der Waals surface area contributed by atoms with Gasteiger partial charge in [-0.1, -0.05) is 23.4 Å². The number of hydrogen-bond donors (Lipinski definition) is 0. The van der Waals surface area contributed by atoms with E-state index in [4.69, 9.17) is 11.6 Å². The van der Waals surface area contributed by atoms with Crippen LogP contribution in [0, 0.1) is 13.8 Å². The predicted molar refractivity (Wildman–Crippen MR) is 69.3 cm³/mol. The van der Waals surface area contributed by atoms with Crippen LogP contribution < -0.4 is 0 Å². The first-order chi connectivity index (χ1) is 8.06. The van der Waals surface area contributed by atoms with E-state index in [1.54, 1.807) is 18.1 Å². The number of aromatic nitrogens is 4. The molecule has 0 aliphatic carbocycles. The monoisotopic (exact) mass is 268 g/mol. The molecule has 0 spiro atoms. The molecule has 90 valence electrons. The summed E-state index contributed by atoms with van der Waals surface area (Å²) in [5, 5.41) is 1.32. The zero-order chi connectivity index (χ0) is 12.4. The van der Waals surface area contributed by atoms with Crippen LogP contribution in [0.3, 0.4) is 0 Å². The molecule has 0 fully saturated rings. The Bertz CT molecular complexity index is 499. The fraction of sp³-hybridized carbons (Fsp3) is 0.364. The van der Waals surface area contributed by atoms with Crippen LogP contribution in [0.5, 0.6) is 0 Å². The molecule has 0 amide bonds. The van der Waals surface area contributed by atoms with E-state index in [-0.39, 0.29) is 0 Å². The summed E-state index contributed by atoms with van der Waals surface area (Å²) < 4.78 is 1.91. The molecule has 0 aliphatic rings. The number of halogens is 1. The largest absolute Gasteiger partial charge is 0.336 e. The number of imidazole rings is 1. The van der Waals surface area contributed by atoms with E-state index < -0.39 is 0 Å². The molecule has 2 aromatic heterocycles. The van der Waals surface area contributed by atoms with Gasteiger partial charge in [-0.3, -0.25) is 0 Å². The van der Waals surface area contributed by atoms with Crippen LogP contribution in [0.4, 0.5) is 0 Å². The summed E-state index contributed by atoms with van der Waals surface area (Å²) >= 11 is 7.56. The van der Waals surface area contributed by atoms with Crippen LogP contribution in [0.25, 0.3) is 0 Å². The highest BCUT2D eigenvalue weighted by Crippen LogP contribution is 2.23. The molecule has 2 rings (SSSR count). The molecular formula is C11H13ClN4S. The van der Waals surface area contributed by atoms with Crippen LogP contribution in [-0.4, -0.2) is 19.5 Å². The number of hydrogen-bond acceptors (Lipinski definition) is 4. The van der Waals surface area contributed by atoms with E-state index >= 15 is 0 Å². The first-order valence-corrected chi connectivity index (χ1v) is 6.53. The Hall–Kier alpha value is -1.07. The fourth-order valence-electron chi connectivity index (χ4n) is 1.48. The van der Waals surface area contributed by atoms with Gasteiger partial charge in [0, 0.05) is 24.2 Å². The third-order valence-electron chi connectivity index (χ3n) is 2.31. The maximum Gasteiger partial charge on any atom is 0.188 e. The Kier molecular flexibility index (Phi) is 3.69. The topological polar surface area (TPSA) is 43.6 Å². The minimum absolute atomic E-state index is 0.546. The van der Waals surface area contributed by atoms with Gasteiger partial charge < -0.3 is 4.57 Å². The Morgan fingerprint density at radius 2 is 1.94 bits per heavy atom. The van der Waals surface area contributed by atoms with Crippen LogP contribution in [0.2, 0.25) is 5.15 Å². The quantitative estimate of drug-likeness (QED) is 0.634. The second kappa shape index (κ2) is 5.06. The predicted octanol–water partition coefficient (Wildman–Crippen LogP) is 2.77. The Morgan fingerprint density at radius 3 is 2.47 bits per heavy atom. The lowest BCUT2D eigenvalue weighted by molar-refractivity contribution is 0.861. The molecule has 4 nitrogen and oxygen atoms in total. The van der Waals surface area contributed by atoms with E-state index in [2.05, 4.69) is 15.0 Å². The van der Waals surface area contributed by atoms with E-state index in [1.165, 1.54) is 0 Å². The van der Waals surface area contributed by atoms with Crippen LogP contribution in [-0.2, 0) is 12.8 Å². The summed E-state index contributed by atoms with van der Waals surface area (Å²) in [6, 6.07) is 1.96.